The van der Waals surface area contributed by atoms with Crippen LogP contribution >= 0.6 is 23.4 Å². The van der Waals surface area contributed by atoms with E-state index in [1.807, 2.05) is 0 Å². The first-order valence-corrected chi connectivity index (χ1v) is 9.84. The van der Waals surface area contributed by atoms with Crippen LogP contribution in [0.5, 0.6) is 11.5 Å². The van der Waals surface area contributed by atoms with Crippen LogP contribution in [0.25, 0.3) is 6.08 Å². The Morgan fingerprint density at radius 3 is 2.55 bits per heavy atom. The Morgan fingerprint density at radius 1 is 1.21 bits per heavy atom. The molecular formula is C21H18ClNO5S. The van der Waals surface area contributed by atoms with E-state index in [1.54, 1.807) is 49.4 Å². The van der Waals surface area contributed by atoms with Gasteiger partial charge in [-0.05, 0) is 49.4 Å². The normalized spacial score (nSPS) is 16.5. The number of ether oxygens (including phenoxy) is 2. The zero-order valence-corrected chi connectivity index (χ0v) is 17.3. The average Bonchev–Trinajstić information content (AvgIpc) is 3.00. The molecule has 3 rings (SSSR count). The van der Waals surface area contributed by atoms with Crippen LogP contribution in [0.3, 0.4) is 0 Å². The Hall–Kier alpha value is -2.90. The second-order valence-corrected chi connectivity index (χ2v) is 7.34. The van der Waals surface area contributed by atoms with Crippen LogP contribution < -0.4 is 4.74 Å². The van der Waals surface area contributed by atoms with Crippen LogP contribution in [-0.2, 0) is 9.53 Å². The summed E-state index contributed by atoms with van der Waals surface area (Å²) in [6.07, 6.45) is 1.57. The number of hydrogen-bond acceptors (Lipinski definition) is 7. The minimum Gasteiger partial charge on any atom is -0.507 e. The molecule has 0 radical (unpaired) electrons. The van der Waals surface area contributed by atoms with Gasteiger partial charge in [0.15, 0.2) is 0 Å². The standard InChI is InChI=1S/C21H18ClNO5S/c1-3-28-21(26)18-19(25)17(10-12-4-9-15(27-2)11-16(12)24)29-20(18)23-14-7-5-13(22)6-8-14/h4-11,24-25H,3H2,1-2H3/b17-10+,23-20?. The maximum atomic E-state index is 12.4. The second-order valence-electron chi connectivity index (χ2n) is 5.87. The molecule has 1 heterocycles. The van der Waals surface area contributed by atoms with E-state index >= 15 is 0 Å². The number of aliphatic hydroxyl groups is 1. The summed E-state index contributed by atoms with van der Waals surface area (Å²) in [5, 5.41) is 21.7. The number of halogens is 1. The second kappa shape index (κ2) is 9.07. The number of methoxy groups -OCH3 is 1. The number of nitrogens with zero attached hydrogens (tertiary/aromatic N) is 1. The largest absolute Gasteiger partial charge is 0.507 e. The number of phenolic OH excluding ortho intramolecular Hbond substituents is 1. The van der Waals surface area contributed by atoms with E-state index in [-0.39, 0.29) is 23.7 Å². The lowest BCUT2D eigenvalue weighted by Gasteiger charge is -2.04. The van der Waals surface area contributed by atoms with E-state index in [0.29, 0.717) is 32.0 Å². The van der Waals surface area contributed by atoms with Crippen molar-refractivity contribution >= 4 is 46.1 Å². The molecule has 0 saturated heterocycles. The lowest BCUT2D eigenvalue weighted by molar-refractivity contribution is -0.138. The van der Waals surface area contributed by atoms with Crippen LogP contribution in [0.15, 0.2) is 63.7 Å². The van der Waals surface area contributed by atoms with Crippen LogP contribution in [0, 0.1) is 0 Å². The van der Waals surface area contributed by atoms with Crippen molar-refractivity contribution < 1.29 is 24.5 Å². The number of aromatic hydroxyl groups is 1. The highest BCUT2D eigenvalue weighted by atomic mass is 35.5. The summed E-state index contributed by atoms with van der Waals surface area (Å²) in [7, 11) is 1.50. The molecular weight excluding hydrogens is 414 g/mol. The highest BCUT2D eigenvalue weighted by molar-refractivity contribution is 8.18. The van der Waals surface area contributed by atoms with Crippen molar-refractivity contribution in [1.29, 1.82) is 0 Å². The molecule has 1 aliphatic rings. The molecule has 1 aliphatic heterocycles. The average molecular weight is 432 g/mol. The number of thioether (sulfide) groups is 1. The lowest BCUT2D eigenvalue weighted by Crippen LogP contribution is -2.12. The zero-order valence-electron chi connectivity index (χ0n) is 15.7. The van der Waals surface area contributed by atoms with E-state index in [9.17, 15) is 15.0 Å². The van der Waals surface area contributed by atoms with Gasteiger partial charge in [-0.2, -0.15) is 0 Å². The molecule has 8 heteroatoms. The van der Waals surface area contributed by atoms with E-state index in [0.717, 1.165) is 11.8 Å². The Labute approximate surface area is 177 Å². The number of esters is 1. The first-order chi connectivity index (χ1) is 13.9. The van der Waals surface area contributed by atoms with Crippen molar-refractivity contribution in [3.8, 4) is 11.5 Å². The van der Waals surface area contributed by atoms with Crippen LogP contribution in [0.1, 0.15) is 12.5 Å². The molecule has 0 unspecified atom stereocenters. The smallest absolute Gasteiger partial charge is 0.344 e. The third kappa shape index (κ3) is 4.75. The molecule has 6 nitrogen and oxygen atoms in total. The quantitative estimate of drug-likeness (QED) is 0.629. The first kappa shape index (κ1) is 20.8. The van der Waals surface area contributed by atoms with Gasteiger partial charge in [0.2, 0.25) is 0 Å². The van der Waals surface area contributed by atoms with Gasteiger partial charge in [0.25, 0.3) is 0 Å². The summed E-state index contributed by atoms with van der Waals surface area (Å²) >= 11 is 7.01. The number of aliphatic hydroxyl groups excluding tert-OH is 1. The zero-order chi connectivity index (χ0) is 21.0. The van der Waals surface area contributed by atoms with Gasteiger partial charge in [-0.3, -0.25) is 0 Å². The van der Waals surface area contributed by atoms with Crippen molar-refractivity contribution in [2.24, 2.45) is 4.99 Å². The minimum absolute atomic E-state index is 0.0222. The van der Waals surface area contributed by atoms with E-state index in [2.05, 4.69) is 4.99 Å². The molecule has 0 saturated carbocycles. The number of carbonyl (C=O) groups excluding carboxylic acids is 1. The number of benzene rings is 2. The van der Waals surface area contributed by atoms with Crippen LogP contribution in [-0.4, -0.2) is 34.9 Å². The van der Waals surface area contributed by atoms with Gasteiger partial charge in [-0.1, -0.05) is 23.4 Å². The van der Waals surface area contributed by atoms with E-state index < -0.39 is 5.97 Å². The van der Waals surface area contributed by atoms with Crippen molar-refractivity contribution in [3.63, 3.8) is 0 Å². The summed E-state index contributed by atoms with van der Waals surface area (Å²) in [5.41, 5.74) is 1.00. The first-order valence-electron chi connectivity index (χ1n) is 8.64. The molecule has 0 amide bonds. The van der Waals surface area contributed by atoms with Crippen molar-refractivity contribution in [2.45, 2.75) is 6.92 Å². The predicted molar refractivity (Wildman–Crippen MR) is 115 cm³/mol. The third-order valence-electron chi connectivity index (χ3n) is 3.95. The Bertz CT molecular complexity index is 1030. The molecule has 0 atom stereocenters. The monoisotopic (exact) mass is 431 g/mol. The number of rotatable bonds is 5. The molecule has 2 aromatic rings. The maximum absolute atomic E-state index is 12.4. The Kier molecular flexibility index (Phi) is 6.51. The molecule has 0 spiro atoms. The van der Waals surface area contributed by atoms with Crippen molar-refractivity contribution in [3.05, 3.63) is 69.3 Å². The summed E-state index contributed by atoms with van der Waals surface area (Å²) < 4.78 is 10.1. The molecule has 0 aliphatic carbocycles. The lowest BCUT2D eigenvalue weighted by atomic mass is 10.1. The number of phenols is 1. The number of aliphatic imine (C=N–C) groups is 1. The van der Waals surface area contributed by atoms with Gasteiger partial charge in [-0.25, -0.2) is 9.79 Å². The van der Waals surface area contributed by atoms with Gasteiger partial charge in [0.1, 0.15) is 27.9 Å². The minimum atomic E-state index is -0.674. The van der Waals surface area contributed by atoms with Crippen molar-refractivity contribution in [2.75, 3.05) is 13.7 Å². The van der Waals surface area contributed by atoms with Crippen LogP contribution in [0.2, 0.25) is 5.02 Å². The fraction of sp³-hybridized carbons (Fsp3) is 0.143. The van der Waals surface area contributed by atoms with Gasteiger partial charge in [0, 0.05) is 16.7 Å². The Balaban J connectivity index is 2.04. The molecule has 2 N–H and O–H groups in total. The summed E-state index contributed by atoms with van der Waals surface area (Å²) in [6, 6.07) is 11.6. The van der Waals surface area contributed by atoms with Gasteiger partial charge in [0.05, 0.1) is 24.3 Å². The molecule has 150 valence electrons. The number of carbonyl (C=O) groups is 1. The van der Waals surface area contributed by atoms with E-state index in [4.69, 9.17) is 21.1 Å². The molecule has 29 heavy (non-hydrogen) atoms. The fourth-order valence-corrected chi connectivity index (χ4v) is 3.69. The maximum Gasteiger partial charge on any atom is 0.344 e. The van der Waals surface area contributed by atoms with Crippen molar-refractivity contribution in [1.82, 2.24) is 0 Å². The predicted octanol–water partition coefficient (Wildman–Crippen LogP) is 5.25. The molecule has 2 aromatic carbocycles. The van der Waals surface area contributed by atoms with Gasteiger partial charge < -0.3 is 19.7 Å². The van der Waals surface area contributed by atoms with Gasteiger partial charge in [-0.15, -0.1) is 0 Å². The summed E-state index contributed by atoms with van der Waals surface area (Å²) in [5.74, 6) is -0.448. The van der Waals surface area contributed by atoms with E-state index in [1.165, 1.54) is 13.2 Å². The summed E-state index contributed by atoms with van der Waals surface area (Å²) in [6.45, 7) is 1.84. The van der Waals surface area contributed by atoms with Gasteiger partial charge >= 0.3 is 5.97 Å². The topological polar surface area (TPSA) is 88.4 Å². The number of hydrogen-bond donors (Lipinski definition) is 2. The Morgan fingerprint density at radius 2 is 1.93 bits per heavy atom. The highest BCUT2D eigenvalue weighted by Gasteiger charge is 2.33. The van der Waals surface area contributed by atoms with Crippen LogP contribution in [0.4, 0.5) is 5.69 Å². The molecule has 0 fully saturated rings. The fourth-order valence-electron chi connectivity index (χ4n) is 2.54. The highest BCUT2D eigenvalue weighted by Crippen LogP contribution is 2.41. The SMILES string of the molecule is CCOC(=O)C1=C(O)/C(=C\c2ccc(OC)cc2O)SC1=Nc1ccc(Cl)cc1. The molecule has 0 bridgehead atoms. The third-order valence-corrected chi connectivity index (χ3v) is 5.22. The summed E-state index contributed by atoms with van der Waals surface area (Å²) in [4.78, 5) is 17.2. The molecule has 0 aromatic heterocycles.